The van der Waals surface area contributed by atoms with E-state index in [9.17, 15) is 9.59 Å². The summed E-state index contributed by atoms with van der Waals surface area (Å²) in [6, 6.07) is 9.56. The lowest BCUT2D eigenvalue weighted by atomic mass is 9.97. The highest BCUT2D eigenvalue weighted by molar-refractivity contribution is 6.31. The predicted molar refractivity (Wildman–Crippen MR) is 119 cm³/mol. The molecule has 2 aliphatic heterocycles. The van der Waals surface area contributed by atoms with Gasteiger partial charge < -0.3 is 23.5 Å². The number of halogens is 1. The van der Waals surface area contributed by atoms with Crippen molar-refractivity contribution in [2.75, 3.05) is 27.4 Å². The van der Waals surface area contributed by atoms with Gasteiger partial charge in [-0.05, 0) is 48.7 Å². The Labute approximate surface area is 189 Å². The van der Waals surface area contributed by atoms with E-state index in [1.165, 1.54) is 0 Å². The van der Waals surface area contributed by atoms with Crippen molar-refractivity contribution < 1.29 is 23.4 Å². The zero-order valence-corrected chi connectivity index (χ0v) is 18.5. The van der Waals surface area contributed by atoms with Crippen LogP contribution in [-0.4, -0.2) is 44.3 Å². The number of benzene rings is 2. The van der Waals surface area contributed by atoms with Crippen molar-refractivity contribution in [3.63, 3.8) is 0 Å². The maximum Gasteiger partial charge on any atom is 0.291 e. The number of carbonyl (C=O) groups is 1. The van der Waals surface area contributed by atoms with Crippen molar-refractivity contribution in [1.82, 2.24) is 4.90 Å². The number of ether oxygens (including phenoxy) is 3. The molecule has 2 aromatic carbocycles. The number of nitrogens with zero attached hydrogens (tertiary/aromatic N) is 1. The van der Waals surface area contributed by atoms with Crippen LogP contribution in [0.5, 0.6) is 11.5 Å². The van der Waals surface area contributed by atoms with E-state index < -0.39 is 6.04 Å². The lowest BCUT2D eigenvalue weighted by molar-refractivity contribution is 0.0486. The van der Waals surface area contributed by atoms with E-state index >= 15 is 0 Å². The summed E-state index contributed by atoms with van der Waals surface area (Å²) in [5.74, 6) is 0.798. The minimum Gasteiger partial charge on any atom is -0.493 e. The molecule has 1 fully saturated rings. The Balaban J connectivity index is 1.71. The molecule has 7 nitrogen and oxygen atoms in total. The fourth-order valence-electron chi connectivity index (χ4n) is 4.56. The molecule has 2 aliphatic rings. The molecule has 0 spiro atoms. The van der Waals surface area contributed by atoms with Crippen molar-refractivity contribution in [3.8, 4) is 11.5 Å². The SMILES string of the molecule is COc1ccc(C2c3c(oc4ccc(Cl)cc4c3=O)C(=O)N2CC2CCCO2)cc1OC. The second-order valence-electron chi connectivity index (χ2n) is 7.92. The number of methoxy groups -OCH3 is 2. The van der Waals surface area contributed by atoms with Crippen molar-refractivity contribution >= 4 is 28.5 Å². The van der Waals surface area contributed by atoms with Gasteiger partial charge >= 0.3 is 0 Å². The standard InChI is InChI=1S/C24H22ClNO6/c1-29-18-7-5-13(10-19(18)30-2)21-20-22(27)16-11-14(25)6-8-17(16)32-23(20)24(28)26(21)12-15-4-3-9-31-15/h5-8,10-11,15,21H,3-4,9,12H2,1-2H3. The summed E-state index contributed by atoms with van der Waals surface area (Å²) in [6.07, 6.45) is 1.72. The molecular weight excluding hydrogens is 434 g/mol. The predicted octanol–water partition coefficient (Wildman–Crippen LogP) is 4.19. The molecular formula is C24H22ClNO6. The van der Waals surface area contributed by atoms with E-state index in [0.29, 0.717) is 46.2 Å². The minimum atomic E-state index is -0.638. The smallest absolute Gasteiger partial charge is 0.291 e. The first-order valence-electron chi connectivity index (χ1n) is 10.4. The Bertz CT molecular complexity index is 1260. The monoisotopic (exact) mass is 455 g/mol. The van der Waals surface area contributed by atoms with Gasteiger partial charge in [-0.1, -0.05) is 17.7 Å². The summed E-state index contributed by atoms with van der Waals surface area (Å²) in [5, 5.41) is 0.765. The summed E-state index contributed by atoms with van der Waals surface area (Å²) in [4.78, 5) is 28.7. The second-order valence-corrected chi connectivity index (χ2v) is 8.36. The Morgan fingerprint density at radius 3 is 2.62 bits per heavy atom. The van der Waals surface area contributed by atoms with Crippen molar-refractivity contribution in [3.05, 3.63) is 68.5 Å². The van der Waals surface area contributed by atoms with E-state index in [1.54, 1.807) is 49.5 Å². The number of carbonyl (C=O) groups excluding carboxylic acids is 1. The number of amides is 1. The van der Waals surface area contributed by atoms with Crippen LogP contribution in [0.3, 0.4) is 0 Å². The summed E-state index contributed by atoms with van der Waals surface area (Å²) < 4.78 is 22.6. The third-order valence-electron chi connectivity index (χ3n) is 6.08. The molecule has 1 saturated heterocycles. The quantitative estimate of drug-likeness (QED) is 0.574. The highest BCUT2D eigenvalue weighted by Gasteiger charge is 2.44. The van der Waals surface area contributed by atoms with Gasteiger partial charge in [0.2, 0.25) is 5.76 Å². The number of hydrogen-bond acceptors (Lipinski definition) is 6. The van der Waals surface area contributed by atoms with Gasteiger partial charge in [0, 0.05) is 18.2 Å². The van der Waals surface area contributed by atoms with Crippen LogP contribution in [0.4, 0.5) is 0 Å². The number of rotatable bonds is 5. The fraction of sp³-hybridized carbons (Fsp3) is 0.333. The number of hydrogen-bond donors (Lipinski definition) is 0. The molecule has 32 heavy (non-hydrogen) atoms. The first-order valence-corrected chi connectivity index (χ1v) is 10.8. The highest BCUT2D eigenvalue weighted by Crippen LogP contribution is 2.41. The van der Waals surface area contributed by atoms with E-state index in [1.807, 2.05) is 6.07 Å². The third kappa shape index (κ3) is 3.32. The first-order chi connectivity index (χ1) is 15.5. The van der Waals surface area contributed by atoms with Gasteiger partial charge in [0.15, 0.2) is 16.9 Å². The minimum absolute atomic E-state index is 0.0580. The molecule has 2 unspecified atom stereocenters. The van der Waals surface area contributed by atoms with Crippen LogP contribution in [0.15, 0.2) is 45.6 Å². The summed E-state index contributed by atoms with van der Waals surface area (Å²) in [7, 11) is 3.10. The fourth-order valence-corrected chi connectivity index (χ4v) is 4.73. The van der Waals surface area contributed by atoms with Gasteiger partial charge in [0.05, 0.1) is 37.3 Å². The van der Waals surface area contributed by atoms with Gasteiger partial charge in [0.1, 0.15) is 5.58 Å². The van der Waals surface area contributed by atoms with Crippen molar-refractivity contribution in [2.45, 2.75) is 25.0 Å². The molecule has 1 amide bonds. The van der Waals surface area contributed by atoms with Crippen LogP contribution in [0.25, 0.3) is 11.0 Å². The molecule has 0 N–H and O–H groups in total. The van der Waals surface area contributed by atoms with Gasteiger partial charge in [-0.25, -0.2) is 0 Å². The third-order valence-corrected chi connectivity index (χ3v) is 6.31. The molecule has 0 saturated carbocycles. The van der Waals surface area contributed by atoms with Crippen molar-refractivity contribution in [1.29, 1.82) is 0 Å². The largest absolute Gasteiger partial charge is 0.493 e. The van der Waals surface area contributed by atoms with E-state index in [2.05, 4.69) is 0 Å². The van der Waals surface area contributed by atoms with Crippen LogP contribution in [0, 0.1) is 0 Å². The highest BCUT2D eigenvalue weighted by atomic mass is 35.5. The number of fused-ring (bicyclic) bond motifs is 2. The summed E-state index contributed by atoms with van der Waals surface area (Å²) >= 11 is 6.13. The molecule has 3 aromatic rings. The first kappa shape index (κ1) is 20.8. The van der Waals surface area contributed by atoms with Crippen LogP contribution < -0.4 is 14.9 Å². The normalized spacial score (nSPS) is 20.1. The molecule has 5 rings (SSSR count). The van der Waals surface area contributed by atoms with E-state index in [0.717, 1.165) is 18.4 Å². The molecule has 1 aromatic heterocycles. The molecule has 166 valence electrons. The van der Waals surface area contributed by atoms with E-state index in [-0.39, 0.29) is 23.2 Å². The second kappa shape index (κ2) is 8.15. The lowest BCUT2D eigenvalue weighted by Crippen LogP contribution is -2.36. The van der Waals surface area contributed by atoms with Crippen LogP contribution in [0.1, 0.15) is 40.6 Å². The van der Waals surface area contributed by atoms with Gasteiger partial charge in [-0.3, -0.25) is 9.59 Å². The Hall–Kier alpha value is -3.03. The maximum absolute atomic E-state index is 13.6. The van der Waals surface area contributed by atoms with Crippen molar-refractivity contribution in [2.24, 2.45) is 0 Å². The maximum atomic E-state index is 13.6. The molecule has 0 bridgehead atoms. The Kier molecular flexibility index (Phi) is 5.31. The average molecular weight is 456 g/mol. The topological polar surface area (TPSA) is 78.2 Å². The Morgan fingerprint density at radius 1 is 1.09 bits per heavy atom. The van der Waals surface area contributed by atoms with E-state index in [4.69, 9.17) is 30.2 Å². The molecule has 3 heterocycles. The van der Waals surface area contributed by atoms with Crippen LogP contribution in [-0.2, 0) is 4.74 Å². The van der Waals surface area contributed by atoms with Gasteiger partial charge in [0.25, 0.3) is 5.91 Å². The summed E-state index contributed by atoms with van der Waals surface area (Å²) in [6.45, 7) is 1.03. The lowest BCUT2D eigenvalue weighted by Gasteiger charge is -2.27. The molecule has 0 radical (unpaired) electrons. The van der Waals surface area contributed by atoms with Crippen LogP contribution in [0.2, 0.25) is 5.02 Å². The Morgan fingerprint density at radius 2 is 1.91 bits per heavy atom. The zero-order chi connectivity index (χ0) is 22.4. The zero-order valence-electron chi connectivity index (χ0n) is 17.7. The molecule has 2 atom stereocenters. The average Bonchev–Trinajstić information content (AvgIpc) is 3.41. The molecule has 8 heteroatoms. The van der Waals surface area contributed by atoms with Gasteiger partial charge in [-0.2, -0.15) is 0 Å². The molecule has 0 aliphatic carbocycles. The summed E-state index contributed by atoms with van der Waals surface area (Å²) in [5.41, 5.74) is 1.08. The van der Waals surface area contributed by atoms with Gasteiger partial charge in [-0.15, -0.1) is 0 Å². The van der Waals surface area contributed by atoms with Crippen LogP contribution >= 0.6 is 11.6 Å².